The van der Waals surface area contributed by atoms with Gasteiger partial charge in [-0.3, -0.25) is 4.79 Å². The number of amides is 1. The van der Waals surface area contributed by atoms with Gasteiger partial charge in [0.2, 0.25) is 5.91 Å². The number of nitrogens with one attached hydrogen (secondary N) is 2. The minimum atomic E-state index is 0.155. The Balaban J connectivity index is 2.12. The summed E-state index contributed by atoms with van der Waals surface area (Å²) in [5.41, 5.74) is 1.24. The fourth-order valence-corrected chi connectivity index (χ4v) is 1.60. The lowest BCUT2D eigenvalue weighted by atomic mass is 10.1. The molecule has 1 atom stereocenters. The molecule has 0 aromatic carbocycles. The van der Waals surface area contributed by atoms with E-state index >= 15 is 0 Å². The van der Waals surface area contributed by atoms with Gasteiger partial charge >= 0.3 is 0 Å². The van der Waals surface area contributed by atoms with Crippen LogP contribution in [0, 0.1) is 0 Å². The van der Waals surface area contributed by atoms with Gasteiger partial charge in [0.15, 0.2) is 0 Å². The van der Waals surface area contributed by atoms with Gasteiger partial charge in [-0.05, 0) is 33.2 Å². The molecule has 0 bridgehead atoms. The summed E-state index contributed by atoms with van der Waals surface area (Å²) >= 11 is 0. The van der Waals surface area contributed by atoms with Gasteiger partial charge in [0, 0.05) is 19.0 Å². The Labute approximate surface area is 86.0 Å². The lowest BCUT2D eigenvalue weighted by molar-refractivity contribution is -0.121. The van der Waals surface area contributed by atoms with E-state index in [9.17, 15) is 4.79 Å². The van der Waals surface area contributed by atoms with E-state index in [0.29, 0.717) is 19.0 Å². The average Bonchev–Trinajstić information content (AvgIpc) is 2.56. The summed E-state index contributed by atoms with van der Waals surface area (Å²) in [6, 6.07) is 0.404. The predicted molar refractivity (Wildman–Crippen MR) is 58.1 cm³/mol. The third-order valence-electron chi connectivity index (χ3n) is 2.40. The van der Waals surface area contributed by atoms with Crippen LogP contribution in [-0.2, 0) is 4.79 Å². The molecule has 0 spiro atoms. The topological polar surface area (TPSA) is 41.1 Å². The van der Waals surface area contributed by atoms with Crippen LogP contribution in [0.15, 0.2) is 11.6 Å². The zero-order chi connectivity index (χ0) is 10.4. The molecule has 80 valence electrons. The molecule has 0 aromatic heterocycles. The van der Waals surface area contributed by atoms with Crippen LogP contribution in [0.3, 0.4) is 0 Å². The quantitative estimate of drug-likeness (QED) is 0.664. The molecular formula is C11H20N2O. The summed E-state index contributed by atoms with van der Waals surface area (Å²) in [4.78, 5) is 11.4. The van der Waals surface area contributed by atoms with E-state index in [2.05, 4.69) is 10.6 Å². The Kier molecular flexibility index (Phi) is 4.66. The highest BCUT2D eigenvalue weighted by Gasteiger charge is 2.16. The van der Waals surface area contributed by atoms with Crippen molar-refractivity contribution < 1.29 is 4.79 Å². The summed E-state index contributed by atoms with van der Waals surface area (Å²) in [6.45, 7) is 5.79. The second-order valence-electron chi connectivity index (χ2n) is 4.08. The first-order chi connectivity index (χ1) is 6.68. The maximum absolute atomic E-state index is 11.4. The number of carbonyl (C=O) groups excluding carboxylic acids is 1. The Hall–Kier alpha value is -0.830. The zero-order valence-corrected chi connectivity index (χ0v) is 9.10. The zero-order valence-electron chi connectivity index (χ0n) is 9.10. The molecule has 1 amide bonds. The van der Waals surface area contributed by atoms with Crippen LogP contribution < -0.4 is 10.6 Å². The SMILES string of the molecule is CC(C)=CCNC(=O)CC1CCCN1. The van der Waals surface area contributed by atoms with Crippen molar-refractivity contribution in [1.29, 1.82) is 0 Å². The number of carbonyl (C=O) groups is 1. The monoisotopic (exact) mass is 196 g/mol. The third-order valence-corrected chi connectivity index (χ3v) is 2.40. The minimum Gasteiger partial charge on any atom is -0.353 e. The molecule has 1 aliphatic rings. The highest BCUT2D eigenvalue weighted by atomic mass is 16.1. The Morgan fingerprint density at radius 1 is 1.57 bits per heavy atom. The van der Waals surface area contributed by atoms with Gasteiger partial charge in [0.1, 0.15) is 0 Å². The van der Waals surface area contributed by atoms with Gasteiger partial charge < -0.3 is 10.6 Å². The lowest BCUT2D eigenvalue weighted by Gasteiger charge is -2.09. The first-order valence-electron chi connectivity index (χ1n) is 5.32. The lowest BCUT2D eigenvalue weighted by Crippen LogP contribution is -2.31. The second-order valence-corrected chi connectivity index (χ2v) is 4.08. The summed E-state index contributed by atoms with van der Waals surface area (Å²) in [6.07, 6.45) is 4.98. The molecule has 1 fully saturated rings. The fourth-order valence-electron chi connectivity index (χ4n) is 1.60. The van der Waals surface area contributed by atoms with E-state index in [0.717, 1.165) is 13.0 Å². The van der Waals surface area contributed by atoms with Crippen molar-refractivity contribution in [2.45, 2.75) is 39.2 Å². The minimum absolute atomic E-state index is 0.155. The Bertz CT molecular complexity index is 213. The van der Waals surface area contributed by atoms with Crippen LogP contribution in [0.5, 0.6) is 0 Å². The maximum atomic E-state index is 11.4. The van der Waals surface area contributed by atoms with E-state index in [1.165, 1.54) is 12.0 Å². The summed E-state index contributed by atoms with van der Waals surface area (Å²) in [5, 5.41) is 6.20. The third kappa shape index (κ3) is 4.42. The number of allylic oxidation sites excluding steroid dienone is 1. The first kappa shape index (κ1) is 11.2. The number of hydrogen-bond acceptors (Lipinski definition) is 2. The van der Waals surface area contributed by atoms with E-state index in [-0.39, 0.29) is 5.91 Å². The molecule has 14 heavy (non-hydrogen) atoms. The molecule has 3 nitrogen and oxygen atoms in total. The summed E-state index contributed by atoms with van der Waals surface area (Å²) in [5.74, 6) is 0.155. The van der Waals surface area contributed by atoms with Crippen molar-refractivity contribution in [1.82, 2.24) is 10.6 Å². The Morgan fingerprint density at radius 3 is 2.93 bits per heavy atom. The molecule has 2 N–H and O–H groups in total. The molecule has 1 unspecified atom stereocenters. The van der Waals surface area contributed by atoms with Crippen molar-refractivity contribution in [3.05, 3.63) is 11.6 Å². The van der Waals surface area contributed by atoms with Gasteiger partial charge in [-0.1, -0.05) is 11.6 Å². The van der Waals surface area contributed by atoms with Crippen molar-refractivity contribution in [3.8, 4) is 0 Å². The smallest absolute Gasteiger partial charge is 0.221 e. The van der Waals surface area contributed by atoms with Crippen LogP contribution in [0.2, 0.25) is 0 Å². The largest absolute Gasteiger partial charge is 0.353 e. The van der Waals surface area contributed by atoms with Gasteiger partial charge in [0.25, 0.3) is 0 Å². The molecule has 1 aliphatic heterocycles. The van der Waals surface area contributed by atoms with Crippen molar-refractivity contribution in [3.63, 3.8) is 0 Å². The average molecular weight is 196 g/mol. The van der Waals surface area contributed by atoms with Gasteiger partial charge in [0.05, 0.1) is 0 Å². The highest BCUT2D eigenvalue weighted by Crippen LogP contribution is 2.07. The number of hydrogen-bond donors (Lipinski definition) is 2. The predicted octanol–water partition coefficient (Wildman–Crippen LogP) is 1.21. The molecule has 0 radical (unpaired) electrons. The van der Waals surface area contributed by atoms with Crippen LogP contribution >= 0.6 is 0 Å². The highest BCUT2D eigenvalue weighted by molar-refractivity contribution is 5.76. The van der Waals surface area contributed by atoms with E-state index in [1.807, 2.05) is 19.9 Å². The normalized spacial score (nSPS) is 20.6. The number of rotatable bonds is 4. The van der Waals surface area contributed by atoms with Crippen molar-refractivity contribution in [2.75, 3.05) is 13.1 Å². The fraction of sp³-hybridized carbons (Fsp3) is 0.727. The van der Waals surface area contributed by atoms with E-state index in [1.54, 1.807) is 0 Å². The molecule has 0 aromatic rings. The van der Waals surface area contributed by atoms with Crippen molar-refractivity contribution >= 4 is 5.91 Å². The molecule has 0 aliphatic carbocycles. The van der Waals surface area contributed by atoms with Crippen LogP contribution in [-0.4, -0.2) is 25.0 Å². The Morgan fingerprint density at radius 2 is 2.36 bits per heavy atom. The molecule has 1 rings (SSSR count). The maximum Gasteiger partial charge on any atom is 0.221 e. The molecular weight excluding hydrogens is 176 g/mol. The van der Waals surface area contributed by atoms with E-state index in [4.69, 9.17) is 0 Å². The van der Waals surface area contributed by atoms with Gasteiger partial charge in [-0.2, -0.15) is 0 Å². The van der Waals surface area contributed by atoms with Gasteiger partial charge in [-0.15, -0.1) is 0 Å². The molecule has 1 saturated heterocycles. The first-order valence-corrected chi connectivity index (χ1v) is 5.32. The molecule has 0 saturated carbocycles. The van der Waals surface area contributed by atoms with Crippen LogP contribution in [0.4, 0.5) is 0 Å². The second kappa shape index (κ2) is 5.81. The van der Waals surface area contributed by atoms with Crippen molar-refractivity contribution in [2.24, 2.45) is 0 Å². The summed E-state index contributed by atoms with van der Waals surface area (Å²) < 4.78 is 0. The molecule has 3 heteroatoms. The van der Waals surface area contributed by atoms with E-state index < -0.39 is 0 Å². The summed E-state index contributed by atoms with van der Waals surface area (Å²) in [7, 11) is 0. The van der Waals surface area contributed by atoms with Crippen LogP contribution in [0.1, 0.15) is 33.1 Å². The van der Waals surface area contributed by atoms with Gasteiger partial charge in [-0.25, -0.2) is 0 Å². The standard InChI is InChI=1S/C11H20N2O/c1-9(2)5-7-13-11(14)8-10-4-3-6-12-10/h5,10,12H,3-4,6-8H2,1-2H3,(H,13,14). The molecule has 1 heterocycles. The van der Waals surface area contributed by atoms with Crippen LogP contribution in [0.25, 0.3) is 0 Å².